The predicted molar refractivity (Wildman–Crippen MR) is 88.0 cm³/mol. The van der Waals surface area contributed by atoms with E-state index >= 15 is 0 Å². The van der Waals surface area contributed by atoms with Gasteiger partial charge in [-0.3, -0.25) is 4.90 Å². The third-order valence-corrected chi connectivity index (χ3v) is 5.20. The second-order valence-corrected chi connectivity index (χ2v) is 6.98. The summed E-state index contributed by atoms with van der Waals surface area (Å²) in [6.45, 7) is 2.77. The van der Waals surface area contributed by atoms with Crippen molar-refractivity contribution in [3.8, 4) is 0 Å². The molecular formula is C17H16F3N3S. The number of H-pyrrole nitrogens is 1. The highest BCUT2D eigenvalue weighted by Crippen LogP contribution is 2.32. The predicted octanol–water partition coefficient (Wildman–Crippen LogP) is 4.63. The van der Waals surface area contributed by atoms with Gasteiger partial charge in [-0.05, 0) is 53.6 Å². The van der Waals surface area contributed by atoms with Crippen molar-refractivity contribution in [3.63, 3.8) is 0 Å². The molecule has 1 atom stereocenters. The van der Waals surface area contributed by atoms with Gasteiger partial charge in [0.15, 0.2) is 0 Å². The second-order valence-electron chi connectivity index (χ2n) is 6.20. The zero-order chi connectivity index (χ0) is 16.7. The van der Waals surface area contributed by atoms with Crippen molar-refractivity contribution in [2.75, 3.05) is 13.1 Å². The Kier molecular flexibility index (Phi) is 3.85. The number of rotatable bonds is 3. The number of imidazole rings is 1. The number of hydrogen-bond donors (Lipinski definition) is 1. The maximum Gasteiger partial charge on any atom is 0.416 e. The summed E-state index contributed by atoms with van der Waals surface area (Å²) in [5.74, 6) is 1.03. The first-order valence-electron chi connectivity index (χ1n) is 7.79. The summed E-state index contributed by atoms with van der Waals surface area (Å²) in [5.41, 5.74) is 1.71. The number of aromatic amines is 1. The number of nitrogens with one attached hydrogen (secondary N) is 1. The van der Waals surface area contributed by atoms with E-state index in [4.69, 9.17) is 0 Å². The van der Waals surface area contributed by atoms with E-state index in [1.54, 1.807) is 11.3 Å². The highest BCUT2D eigenvalue weighted by atomic mass is 32.1. The molecule has 2 aromatic heterocycles. The van der Waals surface area contributed by atoms with Crippen LogP contribution in [0.3, 0.4) is 0 Å². The van der Waals surface area contributed by atoms with Crippen LogP contribution in [-0.4, -0.2) is 28.0 Å². The third kappa shape index (κ3) is 3.06. The molecule has 3 heterocycles. The Labute approximate surface area is 141 Å². The van der Waals surface area contributed by atoms with Crippen LogP contribution in [0.1, 0.15) is 29.3 Å². The van der Waals surface area contributed by atoms with Crippen LogP contribution in [0.2, 0.25) is 0 Å². The molecule has 0 unspecified atom stereocenters. The van der Waals surface area contributed by atoms with Crippen LogP contribution in [0.5, 0.6) is 0 Å². The summed E-state index contributed by atoms with van der Waals surface area (Å²) < 4.78 is 38.4. The lowest BCUT2D eigenvalue weighted by Gasteiger charge is -2.14. The Bertz CT molecular complexity index is 839. The van der Waals surface area contributed by atoms with Crippen LogP contribution in [-0.2, 0) is 12.7 Å². The first kappa shape index (κ1) is 15.7. The van der Waals surface area contributed by atoms with Gasteiger partial charge in [-0.25, -0.2) is 4.98 Å². The van der Waals surface area contributed by atoms with Crippen molar-refractivity contribution in [3.05, 3.63) is 52.0 Å². The van der Waals surface area contributed by atoms with Crippen LogP contribution in [0.4, 0.5) is 13.2 Å². The summed E-state index contributed by atoms with van der Waals surface area (Å²) in [6, 6.07) is 5.79. The highest BCUT2D eigenvalue weighted by Gasteiger charge is 2.31. The lowest BCUT2D eigenvalue weighted by molar-refractivity contribution is -0.137. The first-order valence-corrected chi connectivity index (χ1v) is 8.73. The number of fused-ring (bicyclic) bond motifs is 1. The van der Waals surface area contributed by atoms with Gasteiger partial charge in [0.05, 0.1) is 16.6 Å². The smallest absolute Gasteiger partial charge is 0.342 e. The van der Waals surface area contributed by atoms with Crippen molar-refractivity contribution in [1.82, 2.24) is 14.9 Å². The maximum absolute atomic E-state index is 12.8. The summed E-state index contributed by atoms with van der Waals surface area (Å²) >= 11 is 1.69. The maximum atomic E-state index is 12.8. The largest absolute Gasteiger partial charge is 0.416 e. The van der Waals surface area contributed by atoms with Gasteiger partial charge in [0.1, 0.15) is 5.82 Å². The zero-order valence-corrected chi connectivity index (χ0v) is 13.6. The molecule has 0 aliphatic carbocycles. The van der Waals surface area contributed by atoms with Gasteiger partial charge in [0, 0.05) is 19.0 Å². The molecule has 0 bridgehead atoms. The van der Waals surface area contributed by atoms with E-state index in [0.29, 0.717) is 11.0 Å². The fourth-order valence-electron chi connectivity index (χ4n) is 3.24. The normalized spacial score (nSPS) is 19.4. The number of alkyl halides is 3. The molecule has 1 fully saturated rings. The number of nitrogens with zero attached hydrogens (tertiary/aromatic N) is 2. The van der Waals surface area contributed by atoms with Crippen molar-refractivity contribution in [1.29, 1.82) is 0 Å². The van der Waals surface area contributed by atoms with Crippen LogP contribution in [0.15, 0.2) is 35.0 Å². The molecule has 126 valence electrons. The first-order chi connectivity index (χ1) is 11.5. The second kappa shape index (κ2) is 5.89. The van der Waals surface area contributed by atoms with Crippen LogP contribution >= 0.6 is 11.3 Å². The van der Waals surface area contributed by atoms with Crippen molar-refractivity contribution < 1.29 is 13.2 Å². The van der Waals surface area contributed by atoms with E-state index < -0.39 is 11.7 Å². The molecule has 0 amide bonds. The van der Waals surface area contributed by atoms with Crippen molar-refractivity contribution in [2.24, 2.45) is 0 Å². The van der Waals surface area contributed by atoms with Crippen molar-refractivity contribution in [2.45, 2.75) is 25.1 Å². The Balaban J connectivity index is 1.52. The summed E-state index contributed by atoms with van der Waals surface area (Å²) in [4.78, 5) is 9.96. The number of aromatic nitrogens is 2. The molecule has 0 saturated carbocycles. The van der Waals surface area contributed by atoms with E-state index in [0.717, 1.165) is 44.0 Å². The van der Waals surface area contributed by atoms with Gasteiger partial charge in [0.2, 0.25) is 0 Å². The minimum Gasteiger partial charge on any atom is -0.342 e. The average molecular weight is 351 g/mol. The van der Waals surface area contributed by atoms with Crippen LogP contribution in [0, 0.1) is 0 Å². The lowest BCUT2D eigenvalue weighted by atomic mass is 10.1. The minimum absolute atomic E-state index is 0.241. The van der Waals surface area contributed by atoms with Crippen molar-refractivity contribution >= 4 is 22.4 Å². The monoisotopic (exact) mass is 351 g/mol. The lowest BCUT2D eigenvalue weighted by Crippen LogP contribution is -2.19. The van der Waals surface area contributed by atoms with Gasteiger partial charge in [-0.2, -0.15) is 24.5 Å². The van der Waals surface area contributed by atoms with Gasteiger partial charge in [0.25, 0.3) is 0 Å². The third-order valence-electron chi connectivity index (χ3n) is 4.47. The zero-order valence-electron chi connectivity index (χ0n) is 12.8. The van der Waals surface area contributed by atoms with Gasteiger partial charge in [-0.15, -0.1) is 0 Å². The number of halogens is 3. The van der Waals surface area contributed by atoms with Crippen LogP contribution in [0.25, 0.3) is 11.0 Å². The molecule has 0 spiro atoms. The van der Waals surface area contributed by atoms with E-state index in [1.165, 1.54) is 11.6 Å². The standard InChI is InChI=1S/C17H16F3N3S/c18-17(19,20)13-1-2-14-15(7-13)22-16(21-14)12-3-5-23(9-12)8-11-4-6-24-10-11/h1-2,4,6-7,10,12H,3,5,8-9H2,(H,21,22)/t12-/m0/s1. The SMILES string of the molecule is FC(F)(F)c1ccc2nc([C@H]3CCN(Cc4ccsc4)C3)[nH]c2c1. The topological polar surface area (TPSA) is 31.9 Å². The number of thiophene rings is 1. The summed E-state index contributed by atoms with van der Waals surface area (Å²) in [7, 11) is 0. The molecule has 1 saturated heterocycles. The Hall–Kier alpha value is -1.86. The number of likely N-dealkylation sites (tertiary alicyclic amines) is 1. The Morgan fingerprint density at radius 3 is 2.92 bits per heavy atom. The molecule has 1 aliphatic heterocycles. The Morgan fingerprint density at radius 2 is 2.17 bits per heavy atom. The fraction of sp³-hybridized carbons (Fsp3) is 0.353. The molecule has 3 aromatic rings. The molecule has 24 heavy (non-hydrogen) atoms. The molecule has 7 heteroatoms. The number of benzene rings is 1. The average Bonchev–Trinajstić information content (AvgIpc) is 3.25. The van der Waals surface area contributed by atoms with E-state index in [9.17, 15) is 13.2 Å². The summed E-state index contributed by atoms with van der Waals surface area (Å²) in [5, 5.41) is 4.22. The minimum atomic E-state index is -4.33. The summed E-state index contributed by atoms with van der Waals surface area (Å²) in [6.07, 6.45) is -3.36. The van der Waals surface area contributed by atoms with Gasteiger partial charge >= 0.3 is 6.18 Å². The van der Waals surface area contributed by atoms with Gasteiger partial charge < -0.3 is 4.98 Å². The molecule has 1 aromatic carbocycles. The van der Waals surface area contributed by atoms with E-state index in [2.05, 4.69) is 31.7 Å². The molecule has 3 nitrogen and oxygen atoms in total. The molecule has 1 N–H and O–H groups in total. The molecular weight excluding hydrogens is 335 g/mol. The Morgan fingerprint density at radius 1 is 1.29 bits per heavy atom. The highest BCUT2D eigenvalue weighted by molar-refractivity contribution is 7.07. The number of hydrogen-bond acceptors (Lipinski definition) is 3. The van der Waals surface area contributed by atoms with E-state index in [1.807, 2.05) is 0 Å². The van der Waals surface area contributed by atoms with Gasteiger partial charge in [-0.1, -0.05) is 0 Å². The molecule has 1 aliphatic rings. The molecule has 0 radical (unpaired) electrons. The fourth-order valence-corrected chi connectivity index (χ4v) is 3.90. The van der Waals surface area contributed by atoms with E-state index in [-0.39, 0.29) is 5.92 Å². The van der Waals surface area contributed by atoms with Crippen LogP contribution < -0.4 is 0 Å². The molecule has 4 rings (SSSR count). The quantitative estimate of drug-likeness (QED) is 0.746.